The SMILES string of the molecule is Cc1cc2cc(Nc3nc4ccccn4c(=O)c3[N+](=O)[O-])ccc2[nH]1. The number of aromatic amines is 1. The molecule has 0 spiro atoms. The molecule has 0 atom stereocenters. The Morgan fingerprint density at radius 3 is 2.88 bits per heavy atom. The van der Waals surface area contributed by atoms with Crippen LogP contribution in [0.2, 0.25) is 0 Å². The van der Waals surface area contributed by atoms with Crippen molar-refractivity contribution in [1.29, 1.82) is 0 Å². The van der Waals surface area contributed by atoms with Gasteiger partial charge in [0.25, 0.3) is 0 Å². The lowest BCUT2D eigenvalue weighted by molar-refractivity contribution is -0.385. The van der Waals surface area contributed by atoms with E-state index in [1.54, 1.807) is 24.3 Å². The topological polar surface area (TPSA) is 105 Å². The van der Waals surface area contributed by atoms with E-state index >= 15 is 0 Å². The highest BCUT2D eigenvalue weighted by Gasteiger charge is 2.23. The Morgan fingerprint density at radius 2 is 2.08 bits per heavy atom. The summed E-state index contributed by atoms with van der Waals surface area (Å²) in [5.41, 5.74) is 1.61. The zero-order valence-corrected chi connectivity index (χ0v) is 13.2. The van der Waals surface area contributed by atoms with Crippen molar-refractivity contribution < 1.29 is 4.92 Å². The second-order valence-electron chi connectivity index (χ2n) is 5.68. The fourth-order valence-electron chi connectivity index (χ4n) is 2.82. The lowest BCUT2D eigenvalue weighted by atomic mass is 10.2. The normalized spacial score (nSPS) is 11.1. The molecule has 0 aliphatic carbocycles. The van der Waals surface area contributed by atoms with Crippen molar-refractivity contribution in [3.05, 3.63) is 74.8 Å². The number of aryl methyl sites for hydroxylation is 1. The molecule has 3 aromatic heterocycles. The number of pyridine rings is 1. The molecule has 4 aromatic rings. The highest BCUT2D eigenvalue weighted by molar-refractivity contribution is 5.85. The molecule has 0 saturated heterocycles. The Morgan fingerprint density at radius 1 is 1.24 bits per heavy atom. The van der Waals surface area contributed by atoms with Gasteiger partial charge in [-0.3, -0.25) is 19.3 Å². The van der Waals surface area contributed by atoms with Crippen molar-refractivity contribution in [2.75, 3.05) is 5.32 Å². The second-order valence-corrected chi connectivity index (χ2v) is 5.68. The van der Waals surface area contributed by atoms with Crippen LogP contribution in [0.15, 0.2) is 53.5 Å². The van der Waals surface area contributed by atoms with E-state index in [0.717, 1.165) is 21.0 Å². The number of rotatable bonds is 3. The summed E-state index contributed by atoms with van der Waals surface area (Å²) in [7, 11) is 0. The molecule has 0 saturated carbocycles. The van der Waals surface area contributed by atoms with E-state index in [1.165, 1.54) is 6.20 Å². The first-order valence-corrected chi connectivity index (χ1v) is 7.55. The lowest BCUT2D eigenvalue weighted by Gasteiger charge is -2.08. The number of hydrogen-bond donors (Lipinski definition) is 2. The van der Waals surface area contributed by atoms with Crippen molar-refractivity contribution in [3.63, 3.8) is 0 Å². The molecule has 0 bridgehead atoms. The van der Waals surface area contributed by atoms with Crippen molar-refractivity contribution in [1.82, 2.24) is 14.4 Å². The maximum absolute atomic E-state index is 12.4. The van der Waals surface area contributed by atoms with Gasteiger partial charge in [-0.15, -0.1) is 0 Å². The Hall–Kier alpha value is -3.68. The Bertz CT molecular complexity index is 1190. The minimum atomic E-state index is -0.725. The van der Waals surface area contributed by atoms with Crippen LogP contribution in [0.4, 0.5) is 17.2 Å². The van der Waals surface area contributed by atoms with Gasteiger partial charge in [-0.2, -0.15) is 0 Å². The van der Waals surface area contributed by atoms with Crippen LogP contribution in [-0.4, -0.2) is 19.3 Å². The molecule has 25 heavy (non-hydrogen) atoms. The molecule has 0 unspecified atom stereocenters. The van der Waals surface area contributed by atoms with Gasteiger partial charge in [0.2, 0.25) is 5.82 Å². The highest BCUT2D eigenvalue weighted by atomic mass is 16.6. The van der Waals surface area contributed by atoms with Crippen molar-refractivity contribution >= 4 is 33.7 Å². The van der Waals surface area contributed by atoms with Gasteiger partial charge in [-0.25, -0.2) is 4.98 Å². The first-order chi connectivity index (χ1) is 12.0. The summed E-state index contributed by atoms with van der Waals surface area (Å²) >= 11 is 0. The van der Waals surface area contributed by atoms with Gasteiger partial charge in [0.1, 0.15) is 5.65 Å². The number of H-pyrrole nitrogens is 1. The quantitative estimate of drug-likeness (QED) is 0.442. The van der Waals surface area contributed by atoms with Crippen LogP contribution in [0.3, 0.4) is 0 Å². The zero-order chi connectivity index (χ0) is 17.6. The van der Waals surface area contributed by atoms with Crippen LogP contribution in [0.25, 0.3) is 16.6 Å². The molecular formula is C17H13N5O3. The molecule has 2 N–H and O–H groups in total. The summed E-state index contributed by atoms with van der Waals surface area (Å²) in [5.74, 6) is -0.0761. The van der Waals surface area contributed by atoms with Crippen LogP contribution in [0.1, 0.15) is 5.69 Å². The Labute approximate surface area is 140 Å². The maximum Gasteiger partial charge on any atom is 0.376 e. The number of nitro groups is 1. The van der Waals surface area contributed by atoms with Crippen molar-refractivity contribution in [2.24, 2.45) is 0 Å². The summed E-state index contributed by atoms with van der Waals surface area (Å²) in [5, 5.41) is 15.3. The molecule has 1 aromatic carbocycles. The van der Waals surface area contributed by atoms with Crippen LogP contribution < -0.4 is 10.9 Å². The van der Waals surface area contributed by atoms with Gasteiger partial charge in [-0.1, -0.05) is 6.07 Å². The first kappa shape index (κ1) is 14.9. The average molecular weight is 335 g/mol. The van der Waals surface area contributed by atoms with Crippen LogP contribution in [-0.2, 0) is 0 Å². The number of anilines is 2. The molecule has 3 heterocycles. The molecule has 124 valence electrons. The van der Waals surface area contributed by atoms with E-state index in [4.69, 9.17) is 0 Å². The summed E-state index contributed by atoms with van der Waals surface area (Å²) in [6.07, 6.45) is 1.45. The Kier molecular flexibility index (Phi) is 3.24. The third kappa shape index (κ3) is 2.49. The highest BCUT2D eigenvalue weighted by Crippen LogP contribution is 2.26. The molecule has 0 radical (unpaired) electrons. The summed E-state index contributed by atoms with van der Waals surface area (Å²) in [6.45, 7) is 1.95. The predicted octanol–water partition coefficient (Wildman–Crippen LogP) is 3.14. The number of fused-ring (bicyclic) bond motifs is 2. The lowest BCUT2D eigenvalue weighted by Crippen LogP contribution is -2.20. The zero-order valence-electron chi connectivity index (χ0n) is 13.2. The van der Waals surface area contributed by atoms with Crippen LogP contribution in [0, 0.1) is 17.0 Å². The van der Waals surface area contributed by atoms with Gasteiger partial charge >= 0.3 is 11.2 Å². The predicted molar refractivity (Wildman–Crippen MR) is 94.4 cm³/mol. The third-order valence-electron chi connectivity index (χ3n) is 3.91. The third-order valence-corrected chi connectivity index (χ3v) is 3.91. The minimum absolute atomic E-state index is 0.0761. The monoisotopic (exact) mass is 335 g/mol. The van der Waals surface area contributed by atoms with Gasteiger partial charge in [0, 0.05) is 28.5 Å². The van der Waals surface area contributed by atoms with E-state index in [0.29, 0.717) is 11.3 Å². The summed E-state index contributed by atoms with van der Waals surface area (Å²) < 4.78 is 1.15. The van der Waals surface area contributed by atoms with Gasteiger partial charge in [-0.05, 0) is 43.3 Å². The van der Waals surface area contributed by atoms with E-state index in [9.17, 15) is 14.9 Å². The van der Waals surface area contributed by atoms with E-state index in [1.807, 2.05) is 25.1 Å². The fraction of sp³-hybridized carbons (Fsp3) is 0.0588. The van der Waals surface area contributed by atoms with Gasteiger partial charge in [0.15, 0.2) is 0 Å². The van der Waals surface area contributed by atoms with Gasteiger partial charge < -0.3 is 10.3 Å². The molecule has 4 rings (SSSR count). The van der Waals surface area contributed by atoms with Crippen molar-refractivity contribution in [2.45, 2.75) is 6.92 Å². The second kappa shape index (κ2) is 5.45. The molecule has 0 fully saturated rings. The number of nitrogens with one attached hydrogen (secondary N) is 2. The molecule has 8 nitrogen and oxygen atoms in total. The largest absolute Gasteiger partial charge is 0.376 e. The van der Waals surface area contributed by atoms with E-state index < -0.39 is 16.2 Å². The number of benzene rings is 1. The number of hydrogen-bond acceptors (Lipinski definition) is 5. The smallest absolute Gasteiger partial charge is 0.359 e. The fourth-order valence-corrected chi connectivity index (χ4v) is 2.82. The van der Waals surface area contributed by atoms with Crippen molar-refractivity contribution in [3.8, 4) is 0 Å². The molecule has 8 heteroatoms. The van der Waals surface area contributed by atoms with Crippen LogP contribution >= 0.6 is 0 Å². The molecule has 0 aliphatic heterocycles. The summed E-state index contributed by atoms with van der Waals surface area (Å²) in [4.78, 5) is 30.6. The summed E-state index contributed by atoms with van der Waals surface area (Å²) in [6, 6.07) is 12.4. The minimum Gasteiger partial charge on any atom is -0.359 e. The number of nitrogens with zero attached hydrogens (tertiary/aromatic N) is 3. The number of aromatic nitrogens is 3. The molecule has 0 amide bonds. The maximum atomic E-state index is 12.4. The standard InChI is InChI=1S/C17H13N5O3/c1-10-8-11-9-12(5-6-13(11)18-10)19-16-15(22(24)25)17(23)21-7-3-2-4-14(21)20-16/h2-9,18-19H,1H3. The van der Waals surface area contributed by atoms with E-state index in [2.05, 4.69) is 15.3 Å². The first-order valence-electron chi connectivity index (χ1n) is 7.55. The molecular weight excluding hydrogens is 322 g/mol. The van der Waals surface area contributed by atoms with Gasteiger partial charge in [0.05, 0.1) is 4.92 Å². The van der Waals surface area contributed by atoms with Crippen LogP contribution in [0.5, 0.6) is 0 Å². The average Bonchev–Trinajstić information content (AvgIpc) is 2.94. The van der Waals surface area contributed by atoms with E-state index in [-0.39, 0.29) is 5.82 Å². The Balaban J connectivity index is 1.88. The molecule has 0 aliphatic rings.